The lowest BCUT2D eigenvalue weighted by Gasteiger charge is -2.32. The van der Waals surface area contributed by atoms with Crippen LogP contribution in [0, 0.1) is 0 Å². The Labute approximate surface area is 246 Å². The average Bonchev–Trinajstić information content (AvgIpc) is 3.53. The van der Waals surface area contributed by atoms with E-state index in [9.17, 15) is 9.90 Å². The van der Waals surface area contributed by atoms with E-state index in [-0.39, 0.29) is 23.5 Å². The standard InChI is InChI=1S/C32H34N6O4/c1-36-28-15-21(5-6-24(28)17-33-36)20-42-31-4-2-3-26(35-31)22-9-12-37(13-10-22)19-30-34-27-8-7-23(32(39)40)16-29(27)38(30)18-25-11-14-41-25/h2-8,15-17,22,25H,9-14,18-20H2,1H3,(H,39,40)/t25-/m0/s1/i20D2. The van der Waals surface area contributed by atoms with Crippen molar-refractivity contribution in [2.75, 3.05) is 19.7 Å². The average molecular weight is 569 g/mol. The molecule has 0 radical (unpaired) electrons. The third-order valence-electron chi connectivity index (χ3n) is 8.39. The molecule has 3 aromatic heterocycles. The van der Waals surface area contributed by atoms with E-state index in [1.54, 1.807) is 47.3 Å². The van der Waals surface area contributed by atoms with E-state index in [4.69, 9.17) is 22.2 Å². The summed E-state index contributed by atoms with van der Waals surface area (Å²) < 4.78 is 32.6. The molecule has 2 aromatic carbocycles. The molecule has 7 rings (SSSR count). The highest BCUT2D eigenvalue weighted by Gasteiger charge is 2.26. The first-order valence-electron chi connectivity index (χ1n) is 15.4. The van der Waals surface area contributed by atoms with Crippen molar-refractivity contribution in [3.8, 4) is 5.88 Å². The molecule has 2 aliphatic rings. The largest absolute Gasteiger partial charge is 0.478 e. The Hall–Kier alpha value is -4.28. The SMILES string of the molecule is [2H]C([2H])(Oc1cccc(C2CCN(Cc3nc4ccc(C(=O)O)cc4n3C[C@@H]3CCO3)CC2)n1)c1ccc2cnn(C)c2c1. The molecular formula is C32H34N6O4. The summed E-state index contributed by atoms with van der Waals surface area (Å²) in [6.07, 6.45) is 4.66. The molecule has 0 aliphatic carbocycles. The van der Waals surface area contributed by atoms with E-state index in [0.717, 1.165) is 72.4 Å². The summed E-state index contributed by atoms with van der Waals surface area (Å²) >= 11 is 0. The minimum absolute atomic E-state index is 0.121. The zero-order chi connectivity index (χ0) is 30.4. The summed E-state index contributed by atoms with van der Waals surface area (Å²) in [4.78, 5) is 23.6. The summed E-state index contributed by atoms with van der Waals surface area (Å²) in [5, 5.41) is 14.7. The Balaban J connectivity index is 1.03. The van der Waals surface area contributed by atoms with Crippen molar-refractivity contribution in [1.82, 2.24) is 29.2 Å². The highest BCUT2D eigenvalue weighted by molar-refractivity contribution is 5.92. The molecule has 216 valence electrons. The Bertz CT molecular complexity index is 1840. The van der Waals surface area contributed by atoms with Gasteiger partial charge in [0.15, 0.2) is 0 Å². The van der Waals surface area contributed by atoms with Gasteiger partial charge in [-0.15, -0.1) is 0 Å². The van der Waals surface area contributed by atoms with Gasteiger partial charge in [-0.2, -0.15) is 5.10 Å². The molecule has 0 unspecified atom stereocenters. The summed E-state index contributed by atoms with van der Waals surface area (Å²) in [5.74, 6) is 0.449. The number of imidazole rings is 1. The van der Waals surface area contributed by atoms with E-state index in [0.29, 0.717) is 18.7 Å². The Morgan fingerprint density at radius 3 is 2.74 bits per heavy atom. The molecule has 42 heavy (non-hydrogen) atoms. The van der Waals surface area contributed by atoms with Gasteiger partial charge in [-0.1, -0.05) is 18.2 Å². The van der Waals surface area contributed by atoms with E-state index in [2.05, 4.69) is 14.6 Å². The minimum atomic E-state index is -2.06. The fourth-order valence-corrected chi connectivity index (χ4v) is 5.88. The molecule has 0 bridgehead atoms. The van der Waals surface area contributed by atoms with Crippen LogP contribution in [0.3, 0.4) is 0 Å². The number of aromatic carboxylic acids is 1. The molecule has 0 spiro atoms. The number of benzene rings is 2. The van der Waals surface area contributed by atoms with Crippen LogP contribution in [0.2, 0.25) is 0 Å². The number of aromatic nitrogens is 5. The Kier molecular flexibility index (Phi) is 6.48. The summed E-state index contributed by atoms with van der Waals surface area (Å²) in [6.45, 7) is 1.72. The predicted molar refractivity (Wildman–Crippen MR) is 158 cm³/mol. The number of fused-ring (bicyclic) bond motifs is 2. The molecule has 1 N–H and O–H groups in total. The lowest BCUT2D eigenvalue weighted by Crippen LogP contribution is -2.35. The number of piperidine rings is 1. The molecular weight excluding hydrogens is 532 g/mol. The maximum atomic E-state index is 11.6. The lowest BCUT2D eigenvalue weighted by atomic mass is 9.93. The zero-order valence-electron chi connectivity index (χ0n) is 25.4. The molecule has 10 heteroatoms. The number of carboxylic acid groups (broad SMARTS) is 1. The first-order valence-corrected chi connectivity index (χ1v) is 14.4. The number of carbonyl (C=O) groups is 1. The predicted octanol–water partition coefficient (Wildman–Crippen LogP) is 4.76. The molecule has 1 atom stereocenters. The van der Waals surface area contributed by atoms with Gasteiger partial charge in [0, 0.05) is 36.7 Å². The number of rotatable bonds is 9. The molecule has 0 amide bonds. The zero-order valence-corrected chi connectivity index (χ0v) is 23.4. The normalized spacial score (nSPS) is 19.0. The van der Waals surface area contributed by atoms with Gasteiger partial charge in [-0.05, 0) is 68.2 Å². The van der Waals surface area contributed by atoms with Crippen molar-refractivity contribution in [3.63, 3.8) is 0 Å². The smallest absolute Gasteiger partial charge is 0.335 e. The molecule has 2 aliphatic heterocycles. The number of ether oxygens (including phenoxy) is 2. The summed E-state index contributed by atoms with van der Waals surface area (Å²) in [6, 6.07) is 16.0. The van der Waals surface area contributed by atoms with Gasteiger partial charge < -0.3 is 19.1 Å². The van der Waals surface area contributed by atoms with Crippen LogP contribution < -0.4 is 4.74 Å². The number of pyridine rings is 1. The summed E-state index contributed by atoms with van der Waals surface area (Å²) in [5.41, 5.74) is 4.01. The minimum Gasteiger partial charge on any atom is -0.478 e. The second-order valence-electron chi connectivity index (χ2n) is 11.1. The fraction of sp³-hybridized carbons (Fsp3) is 0.375. The third kappa shape index (κ3) is 5.35. The molecule has 5 aromatic rings. The first kappa shape index (κ1) is 24.3. The second kappa shape index (κ2) is 11.2. The van der Waals surface area contributed by atoms with Crippen LogP contribution in [-0.4, -0.2) is 66.1 Å². The van der Waals surface area contributed by atoms with Gasteiger partial charge in [-0.3, -0.25) is 9.58 Å². The lowest BCUT2D eigenvalue weighted by molar-refractivity contribution is -0.0592. The number of aryl methyl sites for hydroxylation is 1. The van der Waals surface area contributed by atoms with Gasteiger partial charge in [0.2, 0.25) is 5.88 Å². The monoisotopic (exact) mass is 568 g/mol. The second-order valence-corrected chi connectivity index (χ2v) is 11.1. The first-order chi connectivity index (χ1) is 21.2. The molecule has 2 fully saturated rings. The number of hydrogen-bond acceptors (Lipinski definition) is 7. The van der Waals surface area contributed by atoms with E-state index in [1.165, 1.54) is 0 Å². The Morgan fingerprint density at radius 1 is 1.10 bits per heavy atom. The number of carboxylic acids is 1. The van der Waals surface area contributed by atoms with Gasteiger partial charge in [0.05, 0.1) is 50.2 Å². The van der Waals surface area contributed by atoms with Crippen LogP contribution in [0.1, 0.15) is 55.4 Å². The van der Waals surface area contributed by atoms with Crippen molar-refractivity contribution in [2.24, 2.45) is 7.05 Å². The number of nitrogens with zero attached hydrogens (tertiary/aromatic N) is 6. The summed E-state index contributed by atoms with van der Waals surface area (Å²) in [7, 11) is 1.83. The molecule has 5 heterocycles. The van der Waals surface area contributed by atoms with Gasteiger partial charge in [0.1, 0.15) is 12.4 Å². The number of likely N-dealkylation sites (tertiary alicyclic amines) is 1. The third-order valence-corrected chi connectivity index (χ3v) is 8.39. The van der Waals surface area contributed by atoms with Gasteiger partial charge >= 0.3 is 5.97 Å². The van der Waals surface area contributed by atoms with Gasteiger partial charge in [0.25, 0.3) is 0 Å². The van der Waals surface area contributed by atoms with E-state index in [1.807, 2.05) is 25.2 Å². The van der Waals surface area contributed by atoms with Crippen molar-refractivity contribution in [3.05, 3.63) is 83.4 Å². The van der Waals surface area contributed by atoms with Crippen LogP contribution >= 0.6 is 0 Å². The van der Waals surface area contributed by atoms with E-state index >= 15 is 0 Å². The molecule has 10 nitrogen and oxygen atoms in total. The van der Waals surface area contributed by atoms with E-state index < -0.39 is 12.5 Å². The number of hydrogen-bond donors (Lipinski definition) is 1. The van der Waals surface area contributed by atoms with Crippen LogP contribution in [-0.2, 0) is 31.4 Å². The highest BCUT2D eigenvalue weighted by Crippen LogP contribution is 2.30. The van der Waals surface area contributed by atoms with Crippen LogP contribution in [0.25, 0.3) is 21.9 Å². The molecule has 0 saturated carbocycles. The van der Waals surface area contributed by atoms with Gasteiger partial charge in [-0.25, -0.2) is 14.8 Å². The van der Waals surface area contributed by atoms with Crippen LogP contribution in [0.4, 0.5) is 0 Å². The van der Waals surface area contributed by atoms with Crippen molar-refractivity contribution in [1.29, 1.82) is 0 Å². The highest BCUT2D eigenvalue weighted by atomic mass is 16.5. The maximum absolute atomic E-state index is 11.6. The van der Waals surface area contributed by atoms with Crippen molar-refractivity contribution >= 4 is 27.9 Å². The van der Waals surface area contributed by atoms with Crippen LogP contribution in [0.5, 0.6) is 5.88 Å². The Morgan fingerprint density at radius 2 is 1.95 bits per heavy atom. The van der Waals surface area contributed by atoms with Crippen molar-refractivity contribution in [2.45, 2.75) is 50.9 Å². The van der Waals surface area contributed by atoms with Crippen LogP contribution in [0.15, 0.2) is 60.8 Å². The quantitative estimate of drug-likeness (QED) is 0.271. The van der Waals surface area contributed by atoms with Crippen molar-refractivity contribution < 1.29 is 22.1 Å². The maximum Gasteiger partial charge on any atom is 0.335 e. The fourth-order valence-electron chi connectivity index (χ4n) is 5.88. The molecule has 2 saturated heterocycles. The topological polar surface area (TPSA) is 108 Å².